The van der Waals surface area contributed by atoms with Crippen LogP contribution < -0.4 is 5.32 Å². The van der Waals surface area contributed by atoms with Crippen LogP contribution in [-0.2, 0) is 9.59 Å². The van der Waals surface area contributed by atoms with E-state index in [-0.39, 0.29) is 29.2 Å². The minimum absolute atomic E-state index is 0.124. The second-order valence-corrected chi connectivity index (χ2v) is 6.90. The van der Waals surface area contributed by atoms with Crippen LogP contribution in [0.1, 0.15) is 48.9 Å². The van der Waals surface area contributed by atoms with E-state index < -0.39 is 5.97 Å². The van der Waals surface area contributed by atoms with Crippen molar-refractivity contribution >= 4 is 23.5 Å². The van der Waals surface area contributed by atoms with E-state index in [2.05, 4.69) is 5.32 Å². The van der Waals surface area contributed by atoms with Crippen molar-refractivity contribution in [2.24, 2.45) is 11.8 Å². The Morgan fingerprint density at radius 2 is 1.52 bits per heavy atom. The van der Waals surface area contributed by atoms with Crippen molar-refractivity contribution in [1.29, 1.82) is 0 Å². The van der Waals surface area contributed by atoms with Gasteiger partial charge >= 0.3 is 5.97 Å². The third-order valence-corrected chi connectivity index (χ3v) is 5.24. The summed E-state index contributed by atoms with van der Waals surface area (Å²) in [7, 11) is 0. The first-order valence-electron chi connectivity index (χ1n) is 8.99. The molecule has 1 aliphatic heterocycles. The Bertz CT molecular complexity index is 650. The molecule has 2 atom stereocenters. The summed E-state index contributed by atoms with van der Waals surface area (Å²) in [5.74, 6) is -1.55. The molecule has 0 bridgehead atoms. The standard InChI is InChI=1S/C19H24N2O4/c22-17(20-14-9-7-13(8-10-14)19(24)25)15-5-1-2-6-16(15)18(23)21-11-3-4-12-21/h7-10,15-16H,1-6,11-12H2,(H,20,22)(H,24,25). The molecule has 1 heterocycles. The summed E-state index contributed by atoms with van der Waals surface area (Å²) >= 11 is 0. The van der Waals surface area contributed by atoms with Gasteiger partial charge in [-0.2, -0.15) is 0 Å². The molecule has 25 heavy (non-hydrogen) atoms. The largest absolute Gasteiger partial charge is 0.478 e. The predicted octanol–water partition coefficient (Wildman–Crippen LogP) is 2.75. The van der Waals surface area contributed by atoms with Crippen molar-refractivity contribution in [1.82, 2.24) is 4.90 Å². The molecule has 1 saturated carbocycles. The van der Waals surface area contributed by atoms with E-state index in [0.29, 0.717) is 5.69 Å². The smallest absolute Gasteiger partial charge is 0.335 e. The molecule has 6 nitrogen and oxygen atoms in total. The molecule has 2 aliphatic rings. The zero-order valence-electron chi connectivity index (χ0n) is 14.2. The van der Waals surface area contributed by atoms with Gasteiger partial charge in [-0.3, -0.25) is 9.59 Å². The minimum Gasteiger partial charge on any atom is -0.478 e. The molecule has 2 N–H and O–H groups in total. The fourth-order valence-electron chi connectivity index (χ4n) is 3.84. The Balaban J connectivity index is 1.67. The van der Waals surface area contributed by atoms with Gasteiger partial charge in [0, 0.05) is 30.6 Å². The van der Waals surface area contributed by atoms with Gasteiger partial charge in [-0.25, -0.2) is 4.79 Å². The van der Waals surface area contributed by atoms with Gasteiger partial charge in [0.2, 0.25) is 11.8 Å². The van der Waals surface area contributed by atoms with E-state index in [1.165, 1.54) is 12.1 Å². The molecule has 1 aromatic carbocycles. The van der Waals surface area contributed by atoms with Crippen LogP contribution in [0.15, 0.2) is 24.3 Å². The summed E-state index contributed by atoms with van der Waals surface area (Å²) < 4.78 is 0. The normalized spacial score (nSPS) is 23.3. The van der Waals surface area contributed by atoms with Crippen LogP contribution in [0.2, 0.25) is 0 Å². The van der Waals surface area contributed by atoms with E-state index in [9.17, 15) is 14.4 Å². The molecule has 1 aliphatic carbocycles. The van der Waals surface area contributed by atoms with Gasteiger partial charge in [0.05, 0.1) is 5.56 Å². The number of nitrogens with zero attached hydrogens (tertiary/aromatic N) is 1. The number of carboxylic acids is 1. The SMILES string of the molecule is O=C(O)c1ccc(NC(=O)C2CCCCC2C(=O)N2CCCC2)cc1. The third-order valence-electron chi connectivity index (χ3n) is 5.24. The van der Waals surface area contributed by atoms with E-state index >= 15 is 0 Å². The lowest BCUT2D eigenvalue weighted by atomic mass is 9.77. The lowest BCUT2D eigenvalue weighted by molar-refractivity contribution is -0.141. The fraction of sp³-hybridized carbons (Fsp3) is 0.526. The summed E-state index contributed by atoms with van der Waals surface area (Å²) in [6, 6.07) is 6.10. The van der Waals surface area contributed by atoms with Crippen LogP contribution in [0.5, 0.6) is 0 Å². The van der Waals surface area contributed by atoms with Crippen LogP contribution >= 0.6 is 0 Å². The van der Waals surface area contributed by atoms with Gasteiger partial charge in [0.1, 0.15) is 0 Å². The second-order valence-electron chi connectivity index (χ2n) is 6.90. The number of aromatic carboxylic acids is 1. The molecule has 0 spiro atoms. The first-order chi connectivity index (χ1) is 12.1. The van der Waals surface area contributed by atoms with Crippen LogP contribution in [0.25, 0.3) is 0 Å². The molecular formula is C19H24N2O4. The number of carboxylic acid groups (broad SMARTS) is 1. The van der Waals surface area contributed by atoms with E-state index in [1.54, 1.807) is 12.1 Å². The molecule has 2 fully saturated rings. The molecule has 2 unspecified atom stereocenters. The average Bonchev–Trinajstić information content (AvgIpc) is 3.16. The van der Waals surface area contributed by atoms with Crippen molar-refractivity contribution in [2.75, 3.05) is 18.4 Å². The van der Waals surface area contributed by atoms with Crippen molar-refractivity contribution in [3.8, 4) is 0 Å². The van der Waals surface area contributed by atoms with Crippen molar-refractivity contribution in [3.63, 3.8) is 0 Å². The summed E-state index contributed by atoms with van der Waals surface area (Å²) in [4.78, 5) is 38.3. The topological polar surface area (TPSA) is 86.7 Å². The Morgan fingerprint density at radius 1 is 0.920 bits per heavy atom. The maximum atomic E-state index is 12.8. The Labute approximate surface area is 147 Å². The predicted molar refractivity (Wildman–Crippen MR) is 93.3 cm³/mol. The zero-order chi connectivity index (χ0) is 17.8. The van der Waals surface area contributed by atoms with Gasteiger partial charge < -0.3 is 15.3 Å². The number of carbonyl (C=O) groups is 3. The molecule has 0 aromatic heterocycles. The Hall–Kier alpha value is -2.37. The molecule has 0 radical (unpaired) electrons. The zero-order valence-corrected chi connectivity index (χ0v) is 14.2. The van der Waals surface area contributed by atoms with Crippen LogP contribution in [-0.4, -0.2) is 40.9 Å². The lowest BCUT2D eigenvalue weighted by Crippen LogP contribution is -2.42. The number of benzene rings is 1. The van der Waals surface area contributed by atoms with Gasteiger partial charge in [-0.1, -0.05) is 12.8 Å². The number of likely N-dealkylation sites (tertiary alicyclic amines) is 1. The summed E-state index contributed by atoms with van der Waals surface area (Å²) in [6.07, 6.45) is 5.53. The number of carbonyl (C=O) groups excluding carboxylic acids is 2. The second kappa shape index (κ2) is 7.68. The van der Waals surface area contributed by atoms with Gasteiger partial charge in [0.15, 0.2) is 0 Å². The highest BCUT2D eigenvalue weighted by molar-refractivity contribution is 5.96. The number of hydrogen-bond donors (Lipinski definition) is 2. The summed E-state index contributed by atoms with van der Waals surface area (Å²) in [5.41, 5.74) is 0.741. The quantitative estimate of drug-likeness (QED) is 0.879. The lowest BCUT2D eigenvalue weighted by Gasteiger charge is -2.32. The highest BCUT2D eigenvalue weighted by Crippen LogP contribution is 2.33. The minimum atomic E-state index is -0.999. The molecule has 1 aromatic rings. The van der Waals surface area contributed by atoms with Crippen molar-refractivity contribution < 1.29 is 19.5 Å². The number of amides is 2. The molecule has 2 amide bonds. The molecule has 1 saturated heterocycles. The number of hydrogen-bond acceptors (Lipinski definition) is 3. The first-order valence-corrected chi connectivity index (χ1v) is 8.99. The van der Waals surface area contributed by atoms with E-state index in [4.69, 9.17) is 5.11 Å². The molecule has 134 valence electrons. The molecular weight excluding hydrogens is 320 g/mol. The van der Waals surface area contributed by atoms with Crippen molar-refractivity contribution in [3.05, 3.63) is 29.8 Å². The number of nitrogens with one attached hydrogen (secondary N) is 1. The summed E-state index contributed by atoms with van der Waals surface area (Å²) in [6.45, 7) is 1.61. The highest BCUT2D eigenvalue weighted by atomic mass is 16.4. The number of rotatable bonds is 4. The monoisotopic (exact) mass is 344 g/mol. The van der Waals surface area contributed by atoms with Crippen LogP contribution in [0, 0.1) is 11.8 Å². The van der Waals surface area contributed by atoms with E-state index in [0.717, 1.165) is 51.6 Å². The highest BCUT2D eigenvalue weighted by Gasteiger charge is 2.38. The van der Waals surface area contributed by atoms with Gasteiger partial charge in [0.25, 0.3) is 0 Å². The van der Waals surface area contributed by atoms with Crippen molar-refractivity contribution in [2.45, 2.75) is 38.5 Å². The Morgan fingerprint density at radius 3 is 2.12 bits per heavy atom. The average molecular weight is 344 g/mol. The van der Waals surface area contributed by atoms with Gasteiger partial charge in [-0.15, -0.1) is 0 Å². The Kier molecular flexibility index (Phi) is 5.36. The third kappa shape index (κ3) is 4.00. The maximum Gasteiger partial charge on any atom is 0.335 e. The van der Waals surface area contributed by atoms with Crippen LogP contribution in [0.4, 0.5) is 5.69 Å². The fourth-order valence-corrected chi connectivity index (χ4v) is 3.84. The van der Waals surface area contributed by atoms with Gasteiger partial charge in [-0.05, 0) is 49.9 Å². The molecule has 6 heteroatoms. The first kappa shape index (κ1) is 17.5. The number of anilines is 1. The van der Waals surface area contributed by atoms with Crippen LogP contribution in [0.3, 0.4) is 0 Å². The molecule has 3 rings (SSSR count). The maximum absolute atomic E-state index is 12.8. The van der Waals surface area contributed by atoms with E-state index in [1.807, 2.05) is 4.90 Å². The summed E-state index contributed by atoms with van der Waals surface area (Å²) in [5, 5.41) is 11.8.